The van der Waals surface area contributed by atoms with Crippen molar-refractivity contribution in [3.8, 4) is 6.07 Å². The fraction of sp³-hybridized carbons (Fsp3) is 0.200. The topological polar surface area (TPSA) is 64.9 Å². The van der Waals surface area contributed by atoms with E-state index in [0.717, 1.165) is 22.4 Å². The van der Waals surface area contributed by atoms with E-state index in [1.54, 1.807) is 0 Å². The maximum Gasteiger partial charge on any atom is 0.263 e. The molecule has 0 radical (unpaired) electrons. The molecule has 24 heavy (non-hydrogen) atoms. The molecule has 4 nitrogen and oxygen atoms in total. The molecule has 0 aromatic heterocycles. The van der Waals surface area contributed by atoms with Crippen molar-refractivity contribution in [1.82, 2.24) is 5.32 Å². The van der Waals surface area contributed by atoms with Gasteiger partial charge in [-0.05, 0) is 38.0 Å². The lowest BCUT2D eigenvalue weighted by Gasteiger charge is -2.14. The normalized spacial score (nSPS) is 12.2. The smallest absolute Gasteiger partial charge is 0.263 e. The number of amides is 1. The van der Waals surface area contributed by atoms with Crippen LogP contribution in [0.4, 0.5) is 5.69 Å². The van der Waals surface area contributed by atoms with Gasteiger partial charge in [0.05, 0.1) is 6.04 Å². The van der Waals surface area contributed by atoms with E-state index in [2.05, 4.69) is 10.6 Å². The quantitative estimate of drug-likeness (QED) is 0.646. The molecular weight excluding hydrogens is 298 g/mol. The highest BCUT2D eigenvalue weighted by Crippen LogP contribution is 2.17. The third-order valence-corrected chi connectivity index (χ3v) is 3.77. The average molecular weight is 319 g/mol. The standard InChI is InChI=1S/C20H21N3O/c1-14-9-10-19(15(2)11-14)22-13-18(12-21)20(24)23-16(3)17-7-5-4-6-8-17/h4-11,13,16,22H,1-3H3,(H,23,24)/b18-13-. The van der Waals surface area contributed by atoms with E-state index >= 15 is 0 Å². The van der Waals surface area contributed by atoms with Crippen molar-refractivity contribution in [2.45, 2.75) is 26.8 Å². The van der Waals surface area contributed by atoms with Crippen molar-refractivity contribution in [1.29, 1.82) is 5.26 Å². The van der Waals surface area contributed by atoms with E-state index in [-0.39, 0.29) is 11.6 Å². The van der Waals surface area contributed by atoms with Crippen molar-refractivity contribution in [2.75, 3.05) is 5.32 Å². The molecule has 0 spiro atoms. The van der Waals surface area contributed by atoms with Crippen LogP contribution in [-0.2, 0) is 4.79 Å². The van der Waals surface area contributed by atoms with E-state index in [4.69, 9.17) is 0 Å². The third-order valence-electron chi connectivity index (χ3n) is 3.77. The lowest BCUT2D eigenvalue weighted by atomic mass is 10.1. The van der Waals surface area contributed by atoms with Gasteiger partial charge < -0.3 is 10.6 Å². The molecular formula is C20H21N3O. The van der Waals surface area contributed by atoms with E-state index in [9.17, 15) is 10.1 Å². The Labute approximate surface area is 142 Å². The number of anilines is 1. The summed E-state index contributed by atoms with van der Waals surface area (Å²) < 4.78 is 0. The van der Waals surface area contributed by atoms with Crippen LogP contribution in [0.1, 0.15) is 29.7 Å². The zero-order chi connectivity index (χ0) is 17.5. The SMILES string of the molecule is Cc1ccc(N/C=C(/C#N)C(=O)NC(C)c2ccccc2)c(C)c1. The number of aryl methyl sites for hydroxylation is 2. The summed E-state index contributed by atoms with van der Waals surface area (Å²) in [6, 6.07) is 17.4. The molecule has 0 aliphatic heterocycles. The fourth-order valence-corrected chi connectivity index (χ4v) is 2.37. The molecule has 1 amide bonds. The van der Waals surface area contributed by atoms with Gasteiger partial charge in [0.25, 0.3) is 5.91 Å². The first-order chi connectivity index (χ1) is 11.5. The molecule has 2 aromatic rings. The first-order valence-corrected chi connectivity index (χ1v) is 7.81. The van der Waals surface area contributed by atoms with Crippen LogP contribution in [0.25, 0.3) is 0 Å². The molecule has 0 aliphatic rings. The molecule has 0 aliphatic carbocycles. The zero-order valence-corrected chi connectivity index (χ0v) is 14.1. The van der Waals surface area contributed by atoms with Gasteiger partial charge in [-0.1, -0.05) is 48.0 Å². The van der Waals surface area contributed by atoms with Crippen molar-refractivity contribution in [3.05, 3.63) is 77.0 Å². The van der Waals surface area contributed by atoms with E-state index in [1.807, 2.05) is 75.4 Å². The Hall–Kier alpha value is -3.06. The summed E-state index contributed by atoms with van der Waals surface area (Å²) in [5.74, 6) is -0.397. The van der Waals surface area contributed by atoms with Gasteiger partial charge in [0, 0.05) is 11.9 Å². The molecule has 0 saturated heterocycles. The van der Waals surface area contributed by atoms with Crippen LogP contribution in [0, 0.1) is 25.2 Å². The highest BCUT2D eigenvalue weighted by molar-refractivity contribution is 5.97. The predicted octanol–water partition coefficient (Wildman–Crippen LogP) is 4.00. The average Bonchev–Trinajstić information content (AvgIpc) is 2.57. The maximum atomic E-state index is 12.3. The van der Waals surface area contributed by atoms with Crippen molar-refractivity contribution >= 4 is 11.6 Å². The Morgan fingerprint density at radius 3 is 2.50 bits per heavy atom. The van der Waals surface area contributed by atoms with Crippen LogP contribution in [-0.4, -0.2) is 5.91 Å². The number of benzene rings is 2. The van der Waals surface area contributed by atoms with E-state index in [0.29, 0.717) is 0 Å². The van der Waals surface area contributed by atoms with Crippen LogP contribution >= 0.6 is 0 Å². The van der Waals surface area contributed by atoms with Crippen LogP contribution in [0.2, 0.25) is 0 Å². The molecule has 122 valence electrons. The molecule has 2 rings (SSSR count). The van der Waals surface area contributed by atoms with Crippen molar-refractivity contribution in [2.24, 2.45) is 0 Å². The fourth-order valence-electron chi connectivity index (χ4n) is 2.37. The molecule has 2 N–H and O–H groups in total. The molecule has 0 fully saturated rings. The third kappa shape index (κ3) is 4.47. The molecule has 2 aromatic carbocycles. The number of nitrogens with one attached hydrogen (secondary N) is 2. The number of carbonyl (C=O) groups is 1. The highest BCUT2D eigenvalue weighted by Gasteiger charge is 2.13. The summed E-state index contributed by atoms with van der Waals surface area (Å²) in [6.45, 7) is 5.89. The molecule has 0 heterocycles. The number of carbonyl (C=O) groups excluding carboxylic acids is 1. The minimum Gasteiger partial charge on any atom is -0.360 e. The Balaban J connectivity index is 2.07. The Bertz CT molecular complexity index is 788. The molecule has 0 bridgehead atoms. The van der Waals surface area contributed by atoms with Crippen LogP contribution < -0.4 is 10.6 Å². The van der Waals surface area contributed by atoms with Gasteiger partial charge in [-0.3, -0.25) is 4.79 Å². The van der Waals surface area contributed by atoms with Gasteiger partial charge in [0.15, 0.2) is 0 Å². The Morgan fingerprint density at radius 1 is 1.17 bits per heavy atom. The number of hydrogen-bond acceptors (Lipinski definition) is 3. The number of rotatable bonds is 5. The number of nitrogens with zero attached hydrogens (tertiary/aromatic N) is 1. The predicted molar refractivity (Wildman–Crippen MR) is 96.2 cm³/mol. The number of nitriles is 1. The van der Waals surface area contributed by atoms with Crippen LogP contribution in [0.3, 0.4) is 0 Å². The van der Waals surface area contributed by atoms with Crippen molar-refractivity contribution in [3.63, 3.8) is 0 Å². The second kappa shape index (κ2) is 7.98. The van der Waals surface area contributed by atoms with Gasteiger partial charge in [0.2, 0.25) is 0 Å². The minimum absolute atomic E-state index is 0.0396. The second-order valence-electron chi connectivity index (χ2n) is 5.74. The molecule has 4 heteroatoms. The molecule has 1 unspecified atom stereocenters. The summed E-state index contributed by atoms with van der Waals surface area (Å²) >= 11 is 0. The highest BCUT2D eigenvalue weighted by atomic mass is 16.1. The van der Waals surface area contributed by atoms with Crippen LogP contribution in [0.5, 0.6) is 0 Å². The summed E-state index contributed by atoms with van der Waals surface area (Å²) in [5.41, 5.74) is 4.12. The number of hydrogen-bond donors (Lipinski definition) is 2. The largest absolute Gasteiger partial charge is 0.360 e. The van der Waals surface area contributed by atoms with Gasteiger partial charge in [-0.15, -0.1) is 0 Å². The van der Waals surface area contributed by atoms with Crippen molar-refractivity contribution < 1.29 is 4.79 Å². The summed E-state index contributed by atoms with van der Waals surface area (Å²) in [6.07, 6.45) is 1.45. The van der Waals surface area contributed by atoms with Gasteiger partial charge in [-0.2, -0.15) is 5.26 Å². The summed E-state index contributed by atoms with van der Waals surface area (Å²) in [4.78, 5) is 12.3. The van der Waals surface area contributed by atoms with Gasteiger partial charge in [0.1, 0.15) is 11.6 Å². The lowest BCUT2D eigenvalue weighted by Crippen LogP contribution is -2.28. The van der Waals surface area contributed by atoms with Gasteiger partial charge >= 0.3 is 0 Å². The lowest BCUT2D eigenvalue weighted by molar-refractivity contribution is -0.117. The second-order valence-corrected chi connectivity index (χ2v) is 5.74. The first kappa shape index (κ1) is 17.3. The zero-order valence-electron chi connectivity index (χ0n) is 14.1. The van der Waals surface area contributed by atoms with E-state index in [1.165, 1.54) is 6.20 Å². The van der Waals surface area contributed by atoms with Gasteiger partial charge in [-0.25, -0.2) is 0 Å². The van der Waals surface area contributed by atoms with Crippen LogP contribution in [0.15, 0.2) is 60.3 Å². The molecule has 1 atom stereocenters. The Morgan fingerprint density at radius 2 is 1.88 bits per heavy atom. The monoisotopic (exact) mass is 319 g/mol. The summed E-state index contributed by atoms with van der Waals surface area (Å²) in [5, 5.41) is 15.1. The Kier molecular flexibility index (Phi) is 5.75. The maximum absolute atomic E-state index is 12.3. The summed E-state index contributed by atoms with van der Waals surface area (Å²) in [7, 11) is 0. The molecule has 0 saturated carbocycles. The first-order valence-electron chi connectivity index (χ1n) is 7.81. The van der Waals surface area contributed by atoms with E-state index < -0.39 is 5.91 Å². The minimum atomic E-state index is -0.397.